The average molecular weight is 246 g/mol. The van der Waals surface area contributed by atoms with Crippen LogP contribution in [-0.2, 0) is 6.42 Å². The Labute approximate surface area is 105 Å². The molecule has 1 unspecified atom stereocenters. The molecule has 18 heavy (non-hydrogen) atoms. The van der Waals surface area contributed by atoms with Crippen LogP contribution in [0.4, 0.5) is 4.39 Å². The summed E-state index contributed by atoms with van der Waals surface area (Å²) < 4.78 is 19.0. The van der Waals surface area contributed by atoms with Crippen LogP contribution in [0.15, 0.2) is 42.6 Å². The molecule has 0 aliphatic heterocycles. The van der Waals surface area contributed by atoms with Crippen molar-refractivity contribution < 1.29 is 9.13 Å². The Kier molecular flexibility index (Phi) is 3.89. The van der Waals surface area contributed by atoms with E-state index in [1.54, 1.807) is 24.4 Å². The fraction of sp³-hybridized carbons (Fsp3) is 0.214. The number of benzene rings is 1. The summed E-state index contributed by atoms with van der Waals surface area (Å²) in [5.74, 6) is 0.164. The van der Waals surface area contributed by atoms with Gasteiger partial charge in [-0.1, -0.05) is 18.2 Å². The van der Waals surface area contributed by atoms with Crippen LogP contribution in [0.25, 0.3) is 0 Å². The van der Waals surface area contributed by atoms with E-state index in [0.717, 1.165) is 5.56 Å². The van der Waals surface area contributed by atoms with Crippen molar-refractivity contribution in [1.82, 2.24) is 4.98 Å². The lowest BCUT2D eigenvalue weighted by Crippen LogP contribution is -2.18. The van der Waals surface area contributed by atoms with E-state index in [1.807, 2.05) is 19.1 Å². The first-order valence-electron chi connectivity index (χ1n) is 5.78. The van der Waals surface area contributed by atoms with Crippen LogP contribution in [-0.4, -0.2) is 11.0 Å². The van der Waals surface area contributed by atoms with Crippen LogP contribution in [0.5, 0.6) is 11.6 Å². The molecule has 1 heterocycles. The topological polar surface area (TPSA) is 48.1 Å². The van der Waals surface area contributed by atoms with Gasteiger partial charge in [0.15, 0.2) is 11.6 Å². The molecule has 0 fully saturated rings. The Hall–Kier alpha value is -1.94. The maximum absolute atomic E-state index is 13.5. The van der Waals surface area contributed by atoms with Gasteiger partial charge in [0.2, 0.25) is 5.88 Å². The maximum atomic E-state index is 13.5. The predicted octanol–water partition coefficient (Wildman–Crippen LogP) is 2.90. The molecular weight excluding hydrogens is 231 g/mol. The van der Waals surface area contributed by atoms with E-state index in [1.165, 1.54) is 6.07 Å². The summed E-state index contributed by atoms with van der Waals surface area (Å²) in [6.07, 6.45) is 2.25. The largest absolute Gasteiger partial charge is 0.436 e. The molecule has 94 valence electrons. The Morgan fingerprint density at radius 1 is 1.28 bits per heavy atom. The van der Waals surface area contributed by atoms with E-state index in [9.17, 15) is 4.39 Å². The number of rotatable bonds is 4. The van der Waals surface area contributed by atoms with Gasteiger partial charge in [0, 0.05) is 17.8 Å². The van der Waals surface area contributed by atoms with Crippen LogP contribution in [0.1, 0.15) is 12.5 Å². The molecule has 0 radical (unpaired) electrons. The minimum absolute atomic E-state index is 0.00262. The van der Waals surface area contributed by atoms with Crippen LogP contribution in [0, 0.1) is 5.82 Å². The Morgan fingerprint density at radius 2 is 2.06 bits per heavy atom. The molecule has 0 amide bonds. The first-order chi connectivity index (χ1) is 8.66. The minimum atomic E-state index is -0.408. The van der Waals surface area contributed by atoms with E-state index in [4.69, 9.17) is 10.5 Å². The summed E-state index contributed by atoms with van der Waals surface area (Å²) in [5, 5.41) is 0. The van der Waals surface area contributed by atoms with Crippen LogP contribution in [0.3, 0.4) is 0 Å². The minimum Gasteiger partial charge on any atom is -0.436 e. The molecule has 0 spiro atoms. The van der Waals surface area contributed by atoms with Crippen LogP contribution in [0.2, 0.25) is 0 Å². The first kappa shape index (κ1) is 12.5. The van der Waals surface area contributed by atoms with E-state index in [2.05, 4.69) is 4.98 Å². The van der Waals surface area contributed by atoms with Crippen molar-refractivity contribution in [1.29, 1.82) is 0 Å². The second-order valence-electron chi connectivity index (χ2n) is 4.18. The number of hydrogen-bond donors (Lipinski definition) is 1. The van der Waals surface area contributed by atoms with Gasteiger partial charge in [-0.3, -0.25) is 0 Å². The standard InChI is InChI=1S/C14H15FN2O/c1-10(16)9-11-5-4-8-17-14(11)18-13-7-3-2-6-12(13)15/h2-8,10H,9,16H2,1H3. The lowest BCUT2D eigenvalue weighted by Gasteiger charge is -2.11. The lowest BCUT2D eigenvalue weighted by molar-refractivity contribution is 0.421. The van der Waals surface area contributed by atoms with Crippen molar-refractivity contribution in [3.63, 3.8) is 0 Å². The molecule has 0 saturated carbocycles. The zero-order valence-electron chi connectivity index (χ0n) is 10.1. The molecule has 1 aromatic heterocycles. The summed E-state index contributed by atoms with van der Waals surface area (Å²) in [6, 6.07) is 9.94. The quantitative estimate of drug-likeness (QED) is 0.902. The predicted molar refractivity (Wildman–Crippen MR) is 68.1 cm³/mol. The maximum Gasteiger partial charge on any atom is 0.222 e. The van der Waals surface area contributed by atoms with Gasteiger partial charge in [0.1, 0.15) is 0 Å². The Balaban J connectivity index is 2.26. The van der Waals surface area contributed by atoms with E-state index in [0.29, 0.717) is 12.3 Å². The molecule has 1 aromatic carbocycles. The van der Waals surface area contributed by atoms with Crippen molar-refractivity contribution in [2.75, 3.05) is 0 Å². The molecule has 4 heteroatoms. The normalized spacial score (nSPS) is 12.2. The van der Waals surface area contributed by atoms with Crippen molar-refractivity contribution in [2.45, 2.75) is 19.4 Å². The highest BCUT2D eigenvalue weighted by atomic mass is 19.1. The molecule has 2 aromatic rings. The van der Waals surface area contributed by atoms with Gasteiger partial charge in [0.25, 0.3) is 0 Å². The number of nitrogens with zero attached hydrogens (tertiary/aromatic N) is 1. The summed E-state index contributed by atoms with van der Waals surface area (Å²) in [6.45, 7) is 1.90. The van der Waals surface area contributed by atoms with Crippen molar-refractivity contribution >= 4 is 0 Å². The highest BCUT2D eigenvalue weighted by Gasteiger charge is 2.10. The SMILES string of the molecule is CC(N)Cc1cccnc1Oc1ccccc1F. The van der Waals surface area contributed by atoms with Gasteiger partial charge in [-0.25, -0.2) is 9.37 Å². The second kappa shape index (κ2) is 5.60. The second-order valence-corrected chi connectivity index (χ2v) is 4.18. The van der Waals surface area contributed by atoms with E-state index in [-0.39, 0.29) is 11.8 Å². The first-order valence-corrected chi connectivity index (χ1v) is 5.78. The molecule has 2 rings (SSSR count). The third-order valence-corrected chi connectivity index (χ3v) is 2.44. The number of pyridine rings is 1. The number of aromatic nitrogens is 1. The molecular formula is C14H15FN2O. The van der Waals surface area contributed by atoms with Gasteiger partial charge in [-0.05, 0) is 31.5 Å². The van der Waals surface area contributed by atoms with Crippen LogP contribution >= 0.6 is 0 Å². The fourth-order valence-electron chi connectivity index (χ4n) is 1.65. The molecule has 1 atom stereocenters. The summed E-state index contributed by atoms with van der Waals surface area (Å²) >= 11 is 0. The third kappa shape index (κ3) is 3.05. The lowest BCUT2D eigenvalue weighted by atomic mass is 10.1. The molecule has 3 nitrogen and oxygen atoms in total. The molecule has 2 N–H and O–H groups in total. The Bertz CT molecular complexity index is 529. The summed E-state index contributed by atoms with van der Waals surface area (Å²) in [7, 11) is 0. The number of ether oxygens (including phenoxy) is 1. The van der Waals surface area contributed by atoms with E-state index >= 15 is 0 Å². The number of halogens is 1. The zero-order chi connectivity index (χ0) is 13.0. The van der Waals surface area contributed by atoms with Gasteiger partial charge in [0.05, 0.1) is 0 Å². The average Bonchev–Trinajstić information content (AvgIpc) is 2.34. The highest BCUT2D eigenvalue weighted by Crippen LogP contribution is 2.25. The van der Waals surface area contributed by atoms with Gasteiger partial charge in [-0.15, -0.1) is 0 Å². The van der Waals surface area contributed by atoms with Gasteiger partial charge >= 0.3 is 0 Å². The fourth-order valence-corrected chi connectivity index (χ4v) is 1.65. The van der Waals surface area contributed by atoms with Crippen molar-refractivity contribution in [2.24, 2.45) is 5.73 Å². The summed E-state index contributed by atoms with van der Waals surface area (Å²) in [5.41, 5.74) is 6.63. The Morgan fingerprint density at radius 3 is 2.78 bits per heavy atom. The number of hydrogen-bond acceptors (Lipinski definition) is 3. The molecule has 0 bridgehead atoms. The molecule has 0 aliphatic carbocycles. The smallest absolute Gasteiger partial charge is 0.222 e. The van der Waals surface area contributed by atoms with Crippen molar-refractivity contribution in [3.8, 4) is 11.6 Å². The van der Waals surface area contributed by atoms with Gasteiger partial charge in [-0.2, -0.15) is 0 Å². The molecule has 0 aliphatic rings. The van der Waals surface area contributed by atoms with Crippen molar-refractivity contribution in [3.05, 3.63) is 54.0 Å². The third-order valence-electron chi connectivity index (χ3n) is 2.44. The number of nitrogens with two attached hydrogens (primary N) is 1. The monoisotopic (exact) mass is 246 g/mol. The van der Waals surface area contributed by atoms with E-state index < -0.39 is 5.82 Å². The molecule has 0 saturated heterocycles. The van der Waals surface area contributed by atoms with Gasteiger partial charge < -0.3 is 10.5 Å². The summed E-state index contributed by atoms with van der Waals surface area (Å²) in [4.78, 5) is 4.12. The highest BCUT2D eigenvalue weighted by molar-refractivity contribution is 5.33. The zero-order valence-corrected chi connectivity index (χ0v) is 10.1. The number of para-hydroxylation sites is 1. The van der Waals surface area contributed by atoms with Crippen LogP contribution < -0.4 is 10.5 Å².